The molecule has 0 radical (unpaired) electrons. The number of aliphatic hydroxyl groups is 1. The summed E-state index contributed by atoms with van der Waals surface area (Å²) in [6, 6.07) is 13.5. The molecule has 0 spiro atoms. The lowest BCUT2D eigenvalue weighted by Gasteiger charge is -2.15. The lowest BCUT2D eigenvalue weighted by Crippen LogP contribution is -2.43. The summed E-state index contributed by atoms with van der Waals surface area (Å²) in [5, 5.41) is 19.2. The van der Waals surface area contributed by atoms with Crippen LogP contribution in [0.3, 0.4) is 0 Å². The van der Waals surface area contributed by atoms with Crippen molar-refractivity contribution in [2.45, 2.75) is 6.04 Å². The number of nitrogens with one attached hydrogen (secondary N) is 2. The Balaban J connectivity index is 2.10. The predicted molar refractivity (Wildman–Crippen MR) is 86.6 cm³/mol. The molecule has 6 heteroatoms. The fourth-order valence-corrected chi connectivity index (χ4v) is 2.04. The smallest absolute Gasteiger partial charge is 0.251 e. The molecule has 2 aromatic carbocycles. The number of carbonyl (C=O) groups excluding carboxylic acids is 2. The molecule has 0 aromatic heterocycles. The van der Waals surface area contributed by atoms with Gasteiger partial charge in [-0.05, 0) is 12.1 Å². The Morgan fingerprint density at radius 1 is 1.00 bits per heavy atom. The molecule has 0 aliphatic rings. The maximum atomic E-state index is 12.3. The first-order chi connectivity index (χ1) is 11.0. The number of hydrogen-bond acceptors (Lipinski definition) is 4. The molecule has 23 heavy (non-hydrogen) atoms. The van der Waals surface area contributed by atoms with E-state index in [-0.39, 0.29) is 11.6 Å². The van der Waals surface area contributed by atoms with Gasteiger partial charge in [-0.3, -0.25) is 15.0 Å². The SMILES string of the molecule is N=C(N)c1ccc(C(=O)NC(CO)C(=O)c2ccccc2)cc1. The van der Waals surface area contributed by atoms with Crippen LogP contribution in [-0.4, -0.2) is 35.3 Å². The standard InChI is InChI=1S/C17H17N3O3/c18-16(19)12-6-8-13(9-7-12)17(23)20-14(10-21)15(22)11-4-2-1-3-5-11/h1-9,14,21H,10H2,(H3,18,19)(H,20,23). The number of ketones is 1. The van der Waals surface area contributed by atoms with Crippen molar-refractivity contribution in [2.24, 2.45) is 5.73 Å². The van der Waals surface area contributed by atoms with Gasteiger partial charge in [0, 0.05) is 16.7 Å². The molecule has 6 nitrogen and oxygen atoms in total. The summed E-state index contributed by atoms with van der Waals surface area (Å²) in [6.07, 6.45) is 0. The van der Waals surface area contributed by atoms with Crippen molar-refractivity contribution in [3.05, 3.63) is 71.3 Å². The van der Waals surface area contributed by atoms with E-state index < -0.39 is 18.6 Å². The van der Waals surface area contributed by atoms with Crippen LogP contribution in [0.4, 0.5) is 0 Å². The summed E-state index contributed by atoms with van der Waals surface area (Å²) in [5.74, 6) is -0.935. The van der Waals surface area contributed by atoms with Crippen LogP contribution in [0.1, 0.15) is 26.3 Å². The van der Waals surface area contributed by atoms with E-state index in [1.165, 1.54) is 12.1 Å². The first kappa shape index (κ1) is 16.4. The zero-order chi connectivity index (χ0) is 16.8. The number of amides is 1. The van der Waals surface area contributed by atoms with E-state index in [2.05, 4.69) is 5.32 Å². The first-order valence-corrected chi connectivity index (χ1v) is 6.98. The van der Waals surface area contributed by atoms with Crippen LogP contribution >= 0.6 is 0 Å². The molecule has 0 bridgehead atoms. The predicted octanol–water partition coefficient (Wildman–Crippen LogP) is 0.944. The van der Waals surface area contributed by atoms with Crippen LogP contribution in [0, 0.1) is 5.41 Å². The van der Waals surface area contributed by atoms with Gasteiger partial charge in [-0.15, -0.1) is 0 Å². The maximum Gasteiger partial charge on any atom is 0.251 e. The number of aliphatic hydroxyl groups excluding tert-OH is 1. The van der Waals surface area contributed by atoms with Crippen molar-refractivity contribution in [3.63, 3.8) is 0 Å². The van der Waals surface area contributed by atoms with Crippen LogP contribution in [0.5, 0.6) is 0 Å². The Morgan fingerprint density at radius 3 is 2.09 bits per heavy atom. The summed E-state index contributed by atoms with van der Waals surface area (Å²) in [7, 11) is 0. The van der Waals surface area contributed by atoms with Gasteiger partial charge in [0.25, 0.3) is 5.91 Å². The highest BCUT2D eigenvalue weighted by Gasteiger charge is 2.21. The number of Topliss-reactive ketones (excluding diaryl/α,β-unsaturated/α-hetero) is 1. The van der Waals surface area contributed by atoms with Crippen LogP contribution in [-0.2, 0) is 0 Å². The maximum absolute atomic E-state index is 12.3. The molecule has 118 valence electrons. The van der Waals surface area contributed by atoms with Crippen molar-refractivity contribution in [1.29, 1.82) is 5.41 Å². The molecule has 1 atom stereocenters. The second kappa shape index (κ2) is 7.33. The molecule has 0 aliphatic carbocycles. The van der Waals surface area contributed by atoms with Crippen molar-refractivity contribution in [2.75, 3.05) is 6.61 Å². The van der Waals surface area contributed by atoms with Gasteiger partial charge in [-0.25, -0.2) is 0 Å². The third-order valence-electron chi connectivity index (χ3n) is 3.32. The summed E-state index contributed by atoms with van der Waals surface area (Å²) in [5.41, 5.74) is 6.58. The molecule has 0 saturated carbocycles. The molecule has 0 fully saturated rings. The van der Waals surface area contributed by atoms with E-state index >= 15 is 0 Å². The molecule has 1 amide bonds. The van der Waals surface area contributed by atoms with Crippen molar-refractivity contribution >= 4 is 17.5 Å². The monoisotopic (exact) mass is 311 g/mol. The number of nitrogen functional groups attached to an aromatic ring is 1. The van der Waals surface area contributed by atoms with Gasteiger partial charge in [0.1, 0.15) is 11.9 Å². The first-order valence-electron chi connectivity index (χ1n) is 6.98. The van der Waals surface area contributed by atoms with Crippen LogP contribution in [0.25, 0.3) is 0 Å². The van der Waals surface area contributed by atoms with Crippen molar-refractivity contribution in [1.82, 2.24) is 5.32 Å². The van der Waals surface area contributed by atoms with E-state index in [0.29, 0.717) is 16.7 Å². The molecule has 0 heterocycles. The average molecular weight is 311 g/mol. The Kier molecular flexibility index (Phi) is 5.22. The number of rotatable bonds is 6. The Bertz CT molecular complexity index is 712. The summed E-state index contributed by atoms with van der Waals surface area (Å²) in [6.45, 7) is -0.495. The van der Waals surface area contributed by atoms with E-state index in [0.717, 1.165) is 0 Å². The minimum atomic E-state index is -1.02. The van der Waals surface area contributed by atoms with E-state index in [9.17, 15) is 14.7 Å². The molecular weight excluding hydrogens is 294 g/mol. The van der Waals surface area contributed by atoms with Crippen LogP contribution in [0.2, 0.25) is 0 Å². The fraction of sp³-hybridized carbons (Fsp3) is 0.118. The molecule has 5 N–H and O–H groups in total. The second-order valence-corrected chi connectivity index (χ2v) is 4.93. The lowest BCUT2D eigenvalue weighted by atomic mass is 10.0. The highest BCUT2D eigenvalue weighted by molar-refractivity contribution is 6.04. The van der Waals surface area contributed by atoms with Gasteiger partial charge in [-0.2, -0.15) is 0 Å². The lowest BCUT2D eigenvalue weighted by molar-refractivity contribution is 0.0813. The normalized spacial score (nSPS) is 11.5. The van der Waals surface area contributed by atoms with Crippen LogP contribution in [0.15, 0.2) is 54.6 Å². The molecule has 1 unspecified atom stereocenters. The van der Waals surface area contributed by atoms with Crippen LogP contribution < -0.4 is 11.1 Å². The average Bonchev–Trinajstić information content (AvgIpc) is 2.59. The highest BCUT2D eigenvalue weighted by Crippen LogP contribution is 2.07. The van der Waals surface area contributed by atoms with E-state index in [4.69, 9.17) is 11.1 Å². The van der Waals surface area contributed by atoms with Gasteiger partial charge in [0.05, 0.1) is 6.61 Å². The summed E-state index contributed by atoms with van der Waals surface area (Å²) >= 11 is 0. The fourth-order valence-electron chi connectivity index (χ4n) is 2.04. The third-order valence-corrected chi connectivity index (χ3v) is 3.32. The number of hydrogen-bond donors (Lipinski definition) is 4. The number of amidine groups is 1. The number of carbonyl (C=O) groups is 2. The zero-order valence-corrected chi connectivity index (χ0v) is 12.3. The number of nitrogens with two attached hydrogens (primary N) is 1. The minimum Gasteiger partial charge on any atom is -0.394 e. The largest absolute Gasteiger partial charge is 0.394 e. The van der Waals surface area contributed by atoms with Crippen molar-refractivity contribution < 1.29 is 14.7 Å². The van der Waals surface area contributed by atoms with Crippen molar-refractivity contribution in [3.8, 4) is 0 Å². The Labute approximate surface area is 133 Å². The third kappa shape index (κ3) is 4.02. The molecular formula is C17H17N3O3. The molecule has 2 rings (SSSR count). The molecule has 0 aliphatic heterocycles. The van der Waals surface area contributed by atoms with Gasteiger partial charge < -0.3 is 16.2 Å². The topological polar surface area (TPSA) is 116 Å². The summed E-state index contributed by atoms with van der Waals surface area (Å²) in [4.78, 5) is 24.4. The summed E-state index contributed by atoms with van der Waals surface area (Å²) < 4.78 is 0. The van der Waals surface area contributed by atoms with Gasteiger partial charge in [-0.1, -0.05) is 42.5 Å². The van der Waals surface area contributed by atoms with E-state index in [1.807, 2.05) is 0 Å². The highest BCUT2D eigenvalue weighted by atomic mass is 16.3. The van der Waals surface area contributed by atoms with Gasteiger partial charge in [0.15, 0.2) is 5.78 Å². The quantitative estimate of drug-likeness (QED) is 0.361. The Morgan fingerprint density at radius 2 is 1.57 bits per heavy atom. The number of benzene rings is 2. The van der Waals surface area contributed by atoms with Gasteiger partial charge >= 0.3 is 0 Å². The van der Waals surface area contributed by atoms with E-state index in [1.54, 1.807) is 42.5 Å². The molecule has 0 saturated heterocycles. The molecule has 2 aromatic rings. The van der Waals surface area contributed by atoms with Gasteiger partial charge in [0.2, 0.25) is 0 Å². The minimum absolute atomic E-state index is 0.0931. The second-order valence-electron chi connectivity index (χ2n) is 4.93. The Hall–Kier alpha value is -2.99. The zero-order valence-electron chi connectivity index (χ0n) is 12.3.